The van der Waals surface area contributed by atoms with Crippen LogP contribution in [0.15, 0.2) is 60.8 Å². The van der Waals surface area contributed by atoms with Crippen LogP contribution in [0.25, 0.3) is 0 Å². The number of rotatable bonds is 6. The lowest BCUT2D eigenvalue weighted by molar-refractivity contribution is 0.0527. The number of hydrogen-bond donors (Lipinski definition) is 3. The molecule has 3 aromatic rings. The average Bonchev–Trinajstić information content (AvgIpc) is 3.37. The molecule has 0 saturated heterocycles. The highest BCUT2D eigenvalue weighted by Gasteiger charge is 2.37. The summed E-state index contributed by atoms with van der Waals surface area (Å²) in [6.45, 7) is 19.8. The number of ether oxygens (including phenoxy) is 1. The highest BCUT2D eigenvalue weighted by atomic mass is 16.6. The van der Waals surface area contributed by atoms with Crippen LogP contribution in [0.2, 0.25) is 0 Å². The lowest BCUT2D eigenvalue weighted by Gasteiger charge is -2.39. The molecule has 2 aromatic carbocycles. The Balaban J connectivity index is 0.000000534. The molecule has 6 nitrogen and oxygen atoms in total. The molecule has 1 heterocycles. The van der Waals surface area contributed by atoms with E-state index < -0.39 is 5.60 Å². The topological polar surface area (TPSA) is 79.0 Å². The minimum atomic E-state index is -0.477. The van der Waals surface area contributed by atoms with Gasteiger partial charge in [0.05, 0.1) is 6.20 Å². The first-order chi connectivity index (χ1) is 18.9. The molecule has 6 heteroatoms. The van der Waals surface area contributed by atoms with E-state index in [9.17, 15) is 4.79 Å². The van der Waals surface area contributed by atoms with Crippen LogP contribution in [0.5, 0.6) is 0 Å². The van der Waals surface area contributed by atoms with Crippen LogP contribution < -0.4 is 10.6 Å². The molecule has 1 aliphatic carbocycles. The summed E-state index contributed by atoms with van der Waals surface area (Å²) in [5, 5.41) is 14.1. The van der Waals surface area contributed by atoms with E-state index in [1.54, 1.807) is 0 Å². The molecule has 1 unspecified atom stereocenters. The lowest BCUT2D eigenvalue weighted by Crippen LogP contribution is -2.47. The van der Waals surface area contributed by atoms with Gasteiger partial charge in [-0.15, -0.1) is 0 Å². The normalized spacial score (nSPS) is 16.4. The Morgan fingerprint density at radius 3 is 2.30 bits per heavy atom. The van der Waals surface area contributed by atoms with E-state index in [4.69, 9.17) is 4.74 Å². The van der Waals surface area contributed by atoms with Gasteiger partial charge in [0.25, 0.3) is 0 Å². The summed E-state index contributed by atoms with van der Waals surface area (Å²) in [7, 11) is 0. The molecule has 1 aromatic heterocycles. The van der Waals surface area contributed by atoms with Gasteiger partial charge in [-0.25, -0.2) is 4.79 Å². The first-order valence-corrected chi connectivity index (χ1v) is 14.7. The lowest BCUT2D eigenvalue weighted by atomic mass is 9.74. The number of aromatic amines is 1. The highest BCUT2D eigenvalue weighted by Crippen LogP contribution is 2.37. The van der Waals surface area contributed by atoms with Crippen molar-refractivity contribution in [3.63, 3.8) is 0 Å². The molecule has 3 N–H and O–H groups in total. The second kappa shape index (κ2) is 15.0. The summed E-state index contributed by atoms with van der Waals surface area (Å²) in [5.41, 5.74) is 6.01. The molecule has 0 aliphatic heterocycles. The van der Waals surface area contributed by atoms with Crippen molar-refractivity contribution in [1.29, 1.82) is 0 Å². The SMILES string of the molecule is CC.CC(C)(C)OC(=O)NCCCNC1(c2cccc(C(C)(C)C)c2)CCc2[nH]ncc2C1.Cc1ccccc1. The largest absolute Gasteiger partial charge is 0.444 e. The Labute approximate surface area is 242 Å². The van der Waals surface area contributed by atoms with E-state index in [0.29, 0.717) is 6.54 Å². The second-order valence-corrected chi connectivity index (χ2v) is 12.3. The van der Waals surface area contributed by atoms with Gasteiger partial charge in [0, 0.05) is 17.8 Å². The molecule has 4 rings (SSSR count). The Morgan fingerprint density at radius 2 is 1.70 bits per heavy atom. The van der Waals surface area contributed by atoms with Gasteiger partial charge in [-0.05, 0) is 82.0 Å². The van der Waals surface area contributed by atoms with Crippen molar-refractivity contribution in [3.8, 4) is 0 Å². The Kier molecular flexibility index (Phi) is 12.4. The molecule has 220 valence electrons. The first-order valence-electron chi connectivity index (χ1n) is 14.7. The van der Waals surface area contributed by atoms with E-state index in [1.807, 2.05) is 59.0 Å². The Morgan fingerprint density at radius 1 is 1.00 bits per heavy atom. The van der Waals surface area contributed by atoms with E-state index in [1.165, 1.54) is 27.9 Å². The summed E-state index contributed by atoms with van der Waals surface area (Å²) in [4.78, 5) is 11.9. The van der Waals surface area contributed by atoms with Crippen LogP contribution in [0.4, 0.5) is 4.79 Å². The fourth-order valence-corrected chi connectivity index (χ4v) is 4.70. The summed E-state index contributed by atoms with van der Waals surface area (Å²) in [5.74, 6) is 0. The van der Waals surface area contributed by atoms with Crippen LogP contribution in [-0.4, -0.2) is 35.0 Å². The fourth-order valence-electron chi connectivity index (χ4n) is 4.70. The number of benzene rings is 2. The van der Waals surface area contributed by atoms with Crippen molar-refractivity contribution in [2.45, 2.75) is 105 Å². The quantitative estimate of drug-likeness (QED) is 0.277. The number of aryl methyl sites for hydroxylation is 2. The van der Waals surface area contributed by atoms with Crippen LogP contribution in [0.1, 0.15) is 96.2 Å². The molecule has 1 aliphatic rings. The second-order valence-electron chi connectivity index (χ2n) is 12.3. The highest BCUT2D eigenvalue weighted by molar-refractivity contribution is 5.67. The van der Waals surface area contributed by atoms with Crippen molar-refractivity contribution >= 4 is 6.09 Å². The molecular weight excluding hydrogens is 496 g/mol. The smallest absolute Gasteiger partial charge is 0.407 e. The number of hydrogen-bond acceptors (Lipinski definition) is 4. The molecule has 0 radical (unpaired) electrons. The van der Waals surface area contributed by atoms with Gasteiger partial charge in [-0.1, -0.05) is 94.8 Å². The number of nitrogens with zero attached hydrogens (tertiary/aromatic N) is 1. The van der Waals surface area contributed by atoms with Gasteiger partial charge in [-0.2, -0.15) is 5.10 Å². The van der Waals surface area contributed by atoms with Crippen LogP contribution in [-0.2, 0) is 28.5 Å². The maximum absolute atomic E-state index is 11.9. The third-order valence-electron chi connectivity index (χ3n) is 6.81. The third kappa shape index (κ3) is 10.5. The van der Waals surface area contributed by atoms with E-state index in [2.05, 4.69) is 84.9 Å². The number of amides is 1. The maximum Gasteiger partial charge on any atom is 0.407 e. The molecule has 1 amide bonds. The Bertz CT molecular complexity index is 1160. The predicted octanol–water partition coefficient (Wildman–Crippen LogP) is 7.62. The van der Waals surface area contributed by atoms with Gasteiger partial charge in [0.2, 0.25) is 0 Å². The number of carbonyl (C=O) groups is 1. The molecule has 0 fully saturated rings. The molecule has 0 saturated carbocycles. The van der Waals surface area contributed by atoms with Gasteiger partial charge in [0.1, 0.15) is 5.60 Å². The number of aromatic nitrogens is 2. The molecule has 0 spiro atoms. The van der Waals surface area contributed by atoms with Crippen molar-refractivity contribution in [2.24, 2.45) is 0 Å². The zero-order valence-corrected chi connectivity index (χ0v) is 26.3. The van der Waals surface area contributed by atoms with Gasteiger partial charge >= 0.3 is 6.09 Å². The number of carbonyl (C=O) groups excluding carboxylic acids is 1. The van der Waals surface area contributed by atoms with Crippen molar-refractivity contribution in [2.75, 3.05) is 13.1 Å². The molecule has 0 bridgehead atoms. The van der Waals surface area contributed by atoms with Gasteiger partial charge < -0.3 is 15.4 Å². The number of nitrogens with one attached hydrogen (secondary N) is 3. The summed E-state index contributed by atoms with van der Waals surface area (Å²) in [6, 6.07) is 19.3. The zero-order valence-electron chi connectivity index (χ0n) is 26.3. The van der Waals surface area contributed by atoms with Crippen LogP contribution >= 0.6 is 0 Å². The predicted molar refractivity (Wildman–Crippen MR) is 167 cm³/mol. The van der Waals surface area contributed by atoms with Crippen LogP contribution in [0.3, 0.4) is 0 Å². The first kappa shape index (κ1) is 33.1. The van der Waals surface area contributed by atoms with E-state index in [-0.39, 0.29) is 17.0 Å². The van der Waals surface area contributed by atoms with E-state index in [0.717, 1.165) is 32.2 Å². The van der Waals surface area contributed by atoms with E-state index >= 15 is 0 Å². The fraction of sp³-hybridized carbons (Fsp3) is 0.529. The standard InChI is InChI=1S/C25H38N4O2.C7H8.C2H6/c1-23(2,3)19-9-7-10-20(15-19)25(12-11-21-18(16-25)17-28-29-21)27-14-8-13-26-22(30)31-24(4,5)6;1-7-5-3-2-4-6-7;1-2/h7,9-10,15,17,27H,8,11-14,16H2,1-6H3,(H,26,30)(H,28,29);2-6H,1H3;1-2H3. The van der Waals surface area contributed by atoms with Gasteiger partial charge in [0.15, 0.2) is 0 Å². The van der Waals surface area contributed by atoms with Crippen molar-refractivity contribution < 1.29 is 9.53 Å². The average molecular weight is 549 g/mol. The molecular formula is C34H52N4O2. The third-order valence-corrected chi connectivity index (χ3v) is 6.81. The summed E-state index contributed by atoms with van der Waals surface area (Å²) >= 11 is 0. The number of H-pyrrole nitrogens is 1. The summed E-state index contributed by atoms with van der Waals surface area (Å²) in [6.07, 6.45) is 5.32. The van der Waals surface area contributed by atoms with Gasteiger partial charge in [-0.3, -0.25) is 5.10 Å². The van der Waals surface area contributed by atoms with Crippen molar-refractivity contribution in [3.05, 3.63) is 88.7 Å². The Hall–Kier alpha value is -3.12. The minimum absolute atomic E-state index is 0.101. The molecule has 1 atom stereocenters. The van der Waals surface area contributed by atoms with Crippen molar-refractivity contribution in [1.82, 2.24) is 20.8 Å². The minimum Gasteiger partial charge on any atom is -0.444 e. The van der Waals surface area contributed by atoms with Crippen LogP contribution in [0, 0.1) is 6.92 Å². The number of alkyl carbamates (subject to hydrolysis) is 1. The maximum atomic E-state index is 11.9. The summed E-state index contributed by atoms with van der Waals surface area (Å²) < 4.78 is 5.32. The monoisotopic (exact) mass is 548 g/mol. The number of fused-ring (bicyclic) bond motifs is 1. The zero-order chi connectivity index (χ0) is 29.8. The molecule has 40 heavy (non-hydrogen) atoms.